The molecule has 1 aliphatic rings. The van der Waals surface area contributed by atoms with Crippen LogP contribution in [0.5, 0.6) is 5.75 Å². The van der Waals surface area contributed by atoms with Crippen LogP contribution in [0.15, 0.2) is 36.4 Å². The Hall–Kier alpha value is -1.28. The van der Waals surface area contributed by atoms with Crippen LogP contribution in [-0.4, -0.2) is 18.8 Å². The van der Waals surface area contributed by atoms with Crippen molar-refractivity contribution in [1.82, 2.24) is 0 Å². The number of epoxide rings is 1. The molecule has 1 atom stereocenters. The minimum atomic E-state index is -0.0381. The highest BCUT2D eigenvalue weighted by Gasteiger charge is 2.40. The lowest BCUT2D eigenvalue weighted by molar-refractivity contribution is 0.202. The van der Waals surface area contributed by atoms with Crippen LogP contribution in [0.1, 0.15) is 109 Å². The number of unbranched alkanes of at least 4 members (excludes halogenated alkanes) is 12. The van der Waals surface area contributed by atoms with Crippen LogP contribution in [0.3, 0.4) is 0 Å². The molecule has 0 saturated carbocycles. The van der Waals surface area contributed by atoms with Crippen molar-refractivity contribution in [2.75, 3.05) is 13.2 Å². The topological polar surface area (TPSA) is 21.8 Å². The molecule has 1 saturated heterocycles. The Morgan fingerprint density at radius 2 is 1.33 bits per heavy atom. The van der Waals surface area contributed by atoms with Gasteiger partial charge in [-0.1, -0.05) is 89.0 Å². The van der Waals surface area contributed by atoms with Gasteiger partial charge in [-0.2, -0.15) is 0 Å². The number of hydrogen-bond donors (Lipinski definition) is 0. The Bertz CT molecular complexity index is 557. The highest BCUT2D eigenvalue weighted by Crippen LogP contribution is 2.27. The second-order valence-electron chi connectivity index (χ2n) is 9.36. The van der Waals surface area contributed by atoms with Gasteiger partial charge in [0.15, 0.2) is 0 Å². The van der Waals surface area contributed by atoms with Crippen LogP contribution >= 0.6 is 0 Å². The third-order valence-corrected chi connectivity index (χ3v) is 6.08. The first kappa shape index (κ1) is 25.0. The van der Waals surface area contributed by atoms with Gasteiger partial charge < -0.3 is 9.47 Å². The summed E-state index contributed by atoms with van der Waals surface area (Å²) in [6.07, 6.45) is 25.1. The van der Waals surface area contributed by atoms with Gasteiger partial charge in [-0.3, -0.25) is 0 Å². The van der Waals surface area contributed by atoms with E-state index in [2.05, 4.69) is 50.3 Å². The second kappa shape index (κ2) is 15.5. The first-order valence-electron chi connectivity index (χ1n) is 12.7. The maximum Gasteiger partial charge on any atom is 0.123 e. The summed E-state index contributed by atoms with van der Waals surface area (Å²) < 4.78 is 11.1. The fourth-order valence-electron chi connectivity index (χ4n) is 3.77. The monoisotopic (exact) mass is 414 g/mol. The van der Waals surface area contributed by atoms with Gasteiger partial charge in [-0.05, 0) is 63.1 Å². The van der Waals surface area contributed by atoms with Gasteiger partial charge in [0, 0.05) is 0 Å². The summed E-state index contributed by atoms with van der Waals surface area (Å²) >= 11 is 0. The zero-order valence-electron chi connectivity index (χ0n) is 19.8. The lowest BCUT2D eigenvalue weighted by Crippen LogP contribution is -2.16. The zero-order valence-corrected chi connectivity index (χ0v) is 19.8. The average Bonchev–Trinajstić information content (AvgIpc) is 3.50. The molecule has 2 nitrogen and oxygen atoms in total. The van der Waals surface area contributed by atoms with Gasteiger partial charge in [0.2, 0.25) is 0 Å². The molecule has 2 rings (SSSR count). The highest BCUT2D eigenvalue weighted by atomic mass is 16.6. The molecule has 0 aromatic heterocycles. The van der Waals surface area contributed by atoms with E-state index < -0.39 is 0 Å². The molecule has 1 fully saturated rings. The molecule has 0 radical (unpaired) electrons. The molecule has 0 bridgehead atoms. The SMILES string of the molecule is CCCCC/C=C/CCCCCCCCCCCc1ccc(OCC2(C)CO2)cc1. The van der Waals surface area contributed by atoms with E-state index in [1.807, 2.05) is 0 Å². The molecule has 0 amide bonds. The molecule has 1 aliphatic heterocycles. The van der Waals surface area contributed by atoms with E-state index in [0.717, 1.165) is 12.4 Å². The second-order valence-corrected chi connectivity index (χ2v) is 9.36. The lowest BCUT2D eigenvalue weighted by Gasteiger charge is -2.09. The van der Waals surface area contributed by atoms with Crippen LogP contribution in [0, 0.1) is 0 Å². The smallest absolute Gasteiger partial charge is 0.123 e. The van der Waals surface area contributed by atoms with Crippen molar-refractivity contribution >= 4 is 0 Å². The van der Waals surface area contributed by atoms with Gasteiger partial charge in [0.25, 0.3) is 0 Å². The Labute approximate surface area is 186 Å². The highest BCUT2D eigenvalue weighted by molar-refractivity contribution is 5.27. The van der Waals surface area contributed by atoms with Crippen molar-refractivity contribution in [2.45, 2.75) is 116 Å². The van der Waals surface area contributed by atoms with E-state index in [-0.39, 0.29) is 5.60 Å². The van der Waals surface area contributed by atoms with E-state index in [4.69, 9.17) is 9.47 Å². The third kappa shape index (κ3) is 12.4. The van der Waals surface area contributed by atoms with Crippen molar-refractivity contribution in [3.63, 3.8) is 0 Å². The number of benzene rings is 1. The van der Waals surface area contributed by atoms with Gasteiger partial charge in [-0.15, -0.1) is 0 Å². The van der Waals surface area contributed by atoms with E-state index in [0.29, 0.717) is 6.61 Å². The van der Waals surface area contributed by atoms with Crippen LogP contribution in [0.2, 0.25) is 0 Å². The minimum Gasteiger partial charge on any atom is -0.491 e. The van der Waals surface area contributed by atoms with Crippen molar-refractivity contribution in [2.24, 2.45) is 0 Å². The Morgan fingerprint density at radius 1 is 0.800 bits per heavy atom. The predicted octanol–water partition coefficient (Wildman–Crippen LogP) is 8.43. The standard InChI is InChI=1S/C28H46O2/c1-3-4-5-6-7-8-9-10-11-12-13-14-15-16-17-18-19-26-20-22-27(23-21-26)29-24-28(2)25-30-28/h7-8,20-23H,3-6,9-19,24-25H2,1-2H3/b8-7+. The molecule has 2 heteroatoms. The van der Waals surface area contributed by atoms with Gasteiger partial charge >= 0.3 is 0 Å². The van der Waals surface area contributed by atoms with E-state index >= 15 is 0 Å². The fourth-order valence-corrected chi connectivity index (χ4v) is 3.77. The molecule has 170 valence electrons. The molecule has 30 heavy (non-hydrogen) atoms. The molecule has 0 aliphatic carbocycles. The summed E-state index contributed by atoms with van der Waals surface area (Å²) in [6, 6.07) is 8.63. The maximum absolute atomic E-state index is 5.79. The predicted molar refractivity (Wildman–Crippen MR) is 129 cm³/mol. The minimum absolute atomic E-state index is 0.0381. The van der Waals surface area contributed by atoms with Crippen LogP contribution in [0.4, 0.5) is 0 Å². The van der Waals surface area contributed by atoms with E-state index in [9.17, 15) is 0 Å². The zero-order chi connectivity index (χ0) is 21.3. The summed E-state index contributed by atoms with van der Waals surface area (Å²) in [6.45, 7) is 5.84. The van der Waals surface area contributed by atoms with Crippen molar-refractivity contribution in [1.29, 1.82) is 0 Å². The number of aryl methyl sites for hydroxylation is 1. The lowest BCUT2D eigenvalue weighted by atomic mass is 10.0. The molecule has 0 spiro atoms. The molecule has 1 heterocycles. The van der Waals surface area contributed by atoms with E-state index in [1.165, 1.54) is 102 Å². The molecule has 1 unspecified atom stereocenters. The van der Waals surface area contributed by atoms with Crippen molar-refractivity contribution < 1.29 is 9.47 Å². The third-order valence-electron chi connectivity index (χ3n) is 6.08. The average molecular weight is 415 g/mol. The summed E-state index contributed by atoms with van der Waals surface area (Å²) in [4.78, 5) is 0. The Kier molecular flexibility index (Phi) is 12.9. The largest absolute Gasteiger partial charge is 0.491 e. The summed E-state index contributed by atoms with van der Waals surface area (Å²) in [5, 5.41) is 0. The maximum atomic E-state index is 5.79. The molecular formula is C28H46O2. The van der Waals surface area contributed by atoms with Crippen LogP contribution in [0.25, 0.3) is 0 Å². The number of hydrogen-bond acceptors (Lipinski definition) is 2. The normalized spacial score (nSPS) is 18.2. The Morgan fingerprint density at radius 3 is 1.90 bits per heavy atom. The summed E-state index contributed by atoms with van der Waals surface area (Å²) in [7, 11) is 0. The van der Waals surface area contributed by atoms with Gasteiger partial charge in [-0.25, -0.2) is 0 Å². The number of rotatable bonds is 19. The first-order valence-corrected chi connectivity index (χ1v) is 12.7. The van der Waals surface area contributed by atoms with Gasteiger partial charge in [0.05, 0.1) is 6.61 Å². The van der Waals surface area contributed by atoms with E-state index in [1.54, 1.807) is 0 Å². The van der Waals surface area contributed by atoms with Crippen molar-refractivity contribution in [3.8, 4) is 5.75 Å². The number of ether oxygens (including phenoxy) is 2. The molecule has 1 aromatic carbocycles. The van der Waals surface area contributed by atoms with Crippen LogP contribution in [-0.2, 0) is 11.2 Å². The molecular weight excluding hydrogens is 368 g/mol. The first-order chi connectivity index (χ1) is 14.7. The molecule has 0 N–H and O–H groups in total. The summed E-state index contributed by atoms with van der Waals surface area (Å²) in [5.41, 5.74) is 1.39. The van der Waals surface area contributed by atoms with Crippen LogP contribution < -0.4 is 4.74 Å². The Balaban J connectivity index is 1.34. The van der Waals surface area contributed by atoms with Gasteiger partial charge in [0.1, 0.15) is 18.0 Å². The number of allylic oxidation sites excluding steroid dienone is 2. The molecule has 1 aromatic rings. The summed E-state index contributed by atoms with van der Waals surface area (Å²) in [5.74, 6) is 0.957. The quantitative estimate of drug-likeness (QED) is 0.129. The van der Waals surface area contributed by atoms with Crippen molar-refractivity contribution in [3.05, 3.63) is 42.0 Å². The fraction of sp³-hybridized carbons (Fsp3) is 0.714.